The first-order valence-electron chi connectivity index (χ1n) is 8.08. The first kappa shape index (κ1) is 18.1. The molecule has 2 N–H and O–H groups in total. The molecular weight excluding hydrogens is 310 g/mol. The molecular formula is C17H25N3O4. The SMILES string of the molecule is CCNC(=O)C[C@@H]1C(=O)NCCN1Cc1ccc(OC)c(OC)c1. The standard InChI is InChI=1S/C17H25N3O4/c1-4-18-16(21)10-13-17(22)19-7-8-20(13)11-12-5-6-14(23-2)15(9-12)24-3/h5-6,9,13H,4,7-8,10-11H2,1-3H3,(H,18,21)(H,19,22)/t13-/m1/s1. The third-order valence-corrected chi connectivity index (χ3v) is 4.03. The van der Waals surface area contributed by atoms with Crippen LogP contribution < -0.4 is 20.1 Å². The van der Waals surface area contributed by atoms with E-state index in [-0.39, 0.29) is 18.2 Å². The van der Waals surface area contributed by atoms with Gasteiger partial charge in [0.2, 0.25) is 11.8 Å². The molecule has 1 aliphatic heterocycles. The summed E-state index contributed by atoms with van der Waals surface area (Å²) in [6, 6.07) is 5.22. The van der Waals surface area contributed by atoms with Crippen LogP contribution in [-0.2, 0) is 16.1 Å². The van der Waals surface area contributed by atoms with E-state index in [0.29, 0.717) is 37.7 Å². The van der Waals surface area contributed by atoms with Crippen molar-refractivity contribution in [2.24, 2.45) is 0 Å². The van der Waals surface area contributed by atoms with Crippen LogP contribution in [0.4, 0.5) is 0 Å². The van der Waals surface area contributed by atoms with Crippen molar-refractivity contribution in [1.82, 2.24) is 15.5 Å². The van der Waals surface area contributed by atoms with Crippen LogP contribution in [0.25, 0.3) is 0 Å². The molecule has 132 valence electrons. The van der Waals surface area contributed by atoms with E-state index in [0.717, 1.165) is 5.56 Å². The van der Waals surface area contributed by atoms with Gasteiger partial charge in [-0.1, -0.05) is 6.07 Å². The van der Waals surface area contributed by atoms with E-state index in [1.807, 2.05) is 30.0 Å². The number of ether oxygens (including phenoxy) is 2. The predicted molar refractivity (Wildman–Crippen MR) is 90.1 cm³/mol. The van der Waals surface area contributed by atoms with Crippen molar-refractivity contribution in [3.8, 4) is 11.5 Å². The number of carbonyl (C=O) groups excluding carboxylic acids is 2. The molecule has 1 atom stereocenters. The van der Waals surface area contributed by atoms with Crippen molar-refractivity contribution in [1.29, 1.82) is 0 Å². The number of amides is 2. The van der Waals surface area contributed by atoms with Gasteiger partial charge < -0.3 is 20.1 Å². The predicted octanol–water partition coefficient (Wildman–Crippen LogP) is 0.530. The van der Waals surface area contributed by atoms with Crippen molar-refractivity contribution in [3.05, 3.63) is 23.8 Å². The summed E-state index contributed by atoms with van der Waals surface area (Å²) in [4.78, 5) is 26.1. The van der Waals surface area contributed by atoms with Crippen LogP contribution in [0.3, 0.4) is 0 Å². The van der Waals surface area contributed by atoms with Gasteiger partial charge >= 0.3 is 0 Å². The lowest BCUT2D eigenvalue weighted by Crippen LogP contribution is -2.56. The zero-order valence-electron chi connectivity index (χ0n) is 14.4. The lowest BCUT2D eigenvalue weighted by molar-refractivity contribution is -0.134. The lowest BCUT2D eigenvalue weighted by atomic mass is 10.1. The summed E-state index contributed by atoms with van der Waals surface area (Å²) < 4.78 is 10.6. The second-order valence-electron chi connectivity index (χ2n) is 5.62. The molecule has 7 heteroatoms. The number of hydrogen-bond donors (Lipinski definition) is 2. The molecule has 1 aliphatic rings. The topological polar surface area (TPSA) is 79.9 Å². The van der Waals surface area contributed by atoms with E-state index in [1.165, 1.54) is 0 Å². The fraction of sp³-hybridized carbons (Fsp3) is 0.529. The first-order valence-corrected chi connectivity index (χ1v) is 8.08. The summed E-state index contributed by atoms with van der Waals surface area (Å²) >= 11 is 0. The normalized spacial score (nSPS) is 18.0. The Morgan fingerprint density at radius 1 is 1.33 bits per heavy atom. The number of rotatable bonds is 7. The van der Waals surface area contributed by atoms with E-state index < -0.39 is 6.04 Å². The molecule has 1 aromatic carbocycles. The second-order valence-corrected chi connectivity index (χ2v) is 5.62. The minimum absolute atomic E-state index is 0.104. The van der Waals surface area contributed by atoms with E-state index in [1.54, 1.807) is 14.2 Å². The molecule has 0 bridgehead atoms. The number of carbonyl (C=O) groups is 2. The molecule has 7 nitrogen and oxygen atoms in total. The molecule has 1 heterocycles. The summed E-state index contributed by atoms with van der Waals surface area (Å²) in [5.74, 6) is 1.10. The van der Waals surface area contributed by atoms with Crippen LogP contribution in [0.15, 0.2) is 18.2 Å². The number of methoxy groups -OCH3 is 2. The van der Waals surface area contributed by atoms with Crippen LogP contribution in [0.5, 0.6) is 11.5 Å². The smallest absolute Gasteiger partial charge is 0.237 e. The molecule has 1 fully saturated rings. The summed E-state index contributed by atoms with van der Waals surface area (Å²) in [5, 5.41) is 5.58. The fourth-order valence-electron chi connectivity index (χ4n) is 2.83. The number of benzene rings is 1. The van der Waals surface area contributed by atoms with Gasteiger partial charge in [0.05, 0.1) is 26.7 Å². The molecule has 0 aromatic heterocycles. The van der Waals surface area contributed by atoms with Gasteiger partial charge in [-0.2, -0.15) is 0 Å². The largest absolute Gasteiger partial charge is 0.493 e. The van der Waals surface area contributed by atoms with Crippen LogP contribution in [0.1, 0.15) is 18.9 Å². The van der Waals surface area contributed by atoms with Gasteiger partial charge in [-0.3, -0.25) is 14.5 Å². The molecule has 0 radical (unpaired) electrons. The Kier molecular flexibility index (Phi) is 6.43. The minimum atomic E-state index is -0.460. The van der Waals surface area contributed by atoms with Crippen LogP contribution in [0, 0.1) is 0 Å². The summed E-state index contributed by atoms with van der Waals surface area (Å²) in [5.41, 5.74) is 1.00. The van der Waals surface area contributed by atoms with E-state index in [9.17, 15) is 9.59 Å². The summed E-state index contributed by atoms with van der Waals surface area (Å²) in [6.07, 6.45) is 0.160. The molecule has 0 aliphatic carbocycles. The average Bonchev–Trinajstić information content (AvgIpc) is 2.58. The van der Waals surface area contributed by atoms with Crippen LogP contribution in [-0.4, -0.2) is 56.6 Å². The van der Waals surface area contributed by atoms with Crippen LogP contribution in [0.2, 0.25) is 0 Å². The molecule has 24 heavy (non-hydrogen) atoms. The molecule has 1 saturated heterocycles. The van der Waals surface area contributed by atoms with Gasteiger partial charge in [-0.15, -0.1) is 0 Å². The third kappa shape index (κ3) is 4.38. The number of hydrogen-bond acceptors (Lipinski definition) is 5. The monoisotopic (exact) mass is 335 g/mol. The van der Waals surface area contributed by atoms with E-state index >= 15 is 0 Å². The zero-order chi connectivity index (χ0) is 17.5. The Hall–Kier alpha value is -2.28. The Labute approximate surface area is 142 Å². The highest BCUT2D eigenvalue weighted by Crippen LogP contribution is 2.28. The maximum atomic E-state index is 12.2. The maximum absolute atomic E-state index is 12.2. The highest BCUT2D eigenvalue weighted by atomic mass is 16.5. The van der Waals surface area contributed by atoms with Gasteiger partial charge in [0.25, 0.3) is 0 Å². The van der Waals surface area contributed by atoms with E-state index in [2.05, 4.69) is 10.6 Å². The maximum Gasteiger partial charge on any atom is 0.237 e. The fourth-order valence-corrected chi connectivity index (χ4v) is 2.83. The quantitative estimate of drug-likeness (QED) is 0.760. The first-order chi connectivity index (χ1) is 11.6. The molecule has 0 spiro atoms. The second kappa shape index (κ2) is 8.54. The zero-order valence-corrected chi connectivity index (χ0v) is 14.4. The summed E-state index contributed by atoms with van der Waals surface area (Å²) in [6.45, 7) is 4.27. The van der Waals surface area contributed by atoms with Crippen LogP contribution >= 0.6 is 0 Å². The van der Waals surface area contributed by atoms with Gasteiger partial charge in [-0.05, 0) is 24.6 Å². The van der Waals surface area contributed by atoms with Crippen molar-refractivity contribution < 1.29 is 19.1 Å². The number of nitrogens with one attached hydrogen (secondary N) is 2. The highest BCUT2D eigenvalue weighted by molar-refractivity contribution is 5.88. The van der Waals surface area contributed by atoms with Crippen molar-refractivity contribution in [3.63, 3.8) is 0 Å². The molecule has 2 amide bonds. The Balaban J connectivity index is 2.12. The molecule has 2 rings (SSSR count). The highest BCUT2D eigenvalue weighted by Gasteiger charge is 2.31. The van der Waals surface area contributed by atoms with E-state index in [4.69, 9.17) is 9.47 Å². The van der Waals surface area contributed by atoms with Crippen molar-refractivity contribution in [2.75, 3.05) is 33.9 Å². The van der Waals surface area contributed by atoms with Gasteiger partial charge in [0.1, 0.15) is 0 Å². The van der Waals surface area contributed by atoms with Crippen molar-refractivity contribution >= 4 is 11.8 Å². The number of piperazine rings is 1. The number of nitrogens with zero attached hydrogens (tertiary/aromatic N) is 1. The minimum Gasteiger partial charge on any atom is -0.493 e. The molecule has 0 saturated carbocycles. The third-order valence-electron chi connectivity index (χ3n) is 4.03. The van der Waals surface area contributed by atoms with Gasteiger partial charge in [-0.25, -0.2) is 0 Å². The van der Waals surface area contributed by atoms with Gasteiger partial charge in [0, 0.05) is 26.2 Å². The Morgan fingerprint density at radius 3 is 2.75 bits per heavy atom. The Bertz CT molecular complexity index is 591. The molecule has 1 aromatic rings. The van der Waals surface area contributed by atoms with Crippen molar-refractivity contribution in [2.45, 2.75) is 25.9 Å². The van der Waals surface area contributed by atoms with Gasteiger partial charge in [0.15, 0.2) is 11.5 Å². The molecule has 0 unspecified atom stereocenters. The Morgan fingerprint density at radius 2 is 2.08 bits per heavy atom. The lowest BCUT2D eigenvalue weighted by Gasteiger charge is -2.34. The average molecular weight is 335 g/mol. The summed E-state index contributed by atoms with van der Waals surface area (Å²) in [7, 11) is 3.18.